The maximum atomic E-state index is 5.40. The Bertz CT molecular complexity index is 3180. The molecule has 1 aliphatic carbocycles. The fraction of sp³-hybridized carbons (Fsp3) is 0.0545. The standard InChI is InChI=1S/C55H38N2/c1-55(2)49-22-11-10-19-44(49)46-20-12-21-47(53(46)55)51-34-50(38-25-23-36(24-26-38)35-13-4-3-5-14-35)56-54(57-51)40-29-27-39(28-30-40)52-43-18-9-7-16-41(43)33-48-42-17-8-6-15-37(42)31-32-45(48)52/h3-34H,1-2H3. The van der Waals surface area contributed by atoms with Crippen molar-refractivity contribution in [1.82, 2.24) is 9.97 Å². The number of rotatable bonds is 5. The van der Waals surface area contributed by atoms with Crippen molar-refractivity contribution in [3.63, 3.8) is 0 Å². The molecule has 0 fully saturated rings. The van der Waals surface area contributed by atoms with Crippen molar-refractivity contribution in [2.24, 2.45) is 0 Å². The Morgan fingerprint density at radius 2 is 0.947 bits per heavy atom. The smallest absolute Gasteiger partial charge is 0.160 e. The van der Waals surface area contributed by atoms with Crippen molar-refractivity contribution in [1.29, 1.82) is 0 Å². The van der Waals surface area contributed by atoms with E-state index in [0.717, 1.165) is 28.1 Å². The first-order valence-corrected chi connectivity index (χ1v) is 19.7. The van der Waals surface area contributed by atoms with E-state index in [1.807, 2.05) is 0 Å². The predicted molar refractivity (Wildman–Crippen MR) is 239 cm³/mol. The third kappa shape index (κ3) is 5.40. The fourth-order valence-electron chi connectivity index (χ4n) is 9.30. The van der Waals surface area contributed by atoms with E-state index in [1.165, 1.54) is 76.8 Å². The van der Waals surface area contributed by atoms with Crippen LogP contribution >= 0.6 is 0 Å². The van der Waals surface area contributed by atoms with Crippen LogP contribution in [-0.4, -0.2) is 9.97 Å². The molecule has 9 aromatic carbocycles. The highest BCUT2D eigenvalue weighted by Crippen LogP contribution is 2.52. The third-order valence-electron chi connectivity index (χ3n) is 12.1. The lowest BCUT2D eigenvalue weighted by molar-refractivity contribution is 0.662. The van der Waals surface area contributed by atoms with Crippen LogP contribution in [0.3, 0.4) is 0 Å². The van der Waals surface area contributed by atoms with Crippen LogP contribution in [0, 0.1) is 0 Å². The minimum absolute atomic E-state index is 0.181. The zero-order valence-electron chi connectivity index (χ0n) is 31.9. The normalized spacial score (nSPS) is 12.9. The van der Waals surface area contributed by atoms with E-state index in [2.05, 4.69) is 208 Å². The Labute approximate surface area is 332 Å². The van der Waals surface area contributed by atoms with Crippen LogP contribution in [0.1, 0.15) is 25.0 Å². The summed E-state index contributed by atoms with van der Waals surface area (Å²) in [5.41, 5.74) is 14.9. The van der Waals surface area contributed by atoms with Crippen molar-refractivity contribution in [3.05, 3.63) is 205 Å². The van der Waals surface area contributed by atoms with E-state index in [1.54, 1.807) is 0 Å². The van der Waals surface area contributed by atoms with Gasteiger partial charge in [-0.2, -0.15) is 0 Å². The summed E-state index contributed by atoms with van der Waals surface area (Å²) in [5, 5.41) is 7.52. The topological polar surface area (TPSA) is 25.8 Å². The van der Waals surface area contributed by atoms with Gasteiger partial charge in [-0.3, -0.25) is 0 Å². The number of hydrogen-bond donors (Lipinski definition) is 0. The average Bonchev–Trinajstić information content (AvgIpc) is 3.51. The summed E-state index contributed by atoms with van der Waals surface area (Å²) in [6.45, 7) is 4.68. The van der Waals surface area contributed by atoms with Gasteiger partial charge in [0.2, 0.25) is 0 Å². The molecule has 0 amide bonds. The van der Waals surface area contributed by atoms with Gasteiger partial charge in [-0.15, -0.1) is 0 Å². The monoisotopic (exact) mass is 726 g/mol. The van der Waals surface area contributed by atoms with E-state index in [0.29, 0.717) is 5.82 Å². The largest absolute Gasteiger partial charge is 0.228 e. The van der Waals surface area contributed by atoms with Crippen molar-refractivity contribution >= 4 is 32.3 Å². The molecule has 0 bridgehead atoms. The summed E-state index contributed by atoms with van der Waals surface area (Å²) in [6.07, 6.45) is 0. The molecule has 57 heavy (non-hydrogen) atoms. The first-order chi connectivity index (χ1) is 28.0. The maximum absolute atomic E-state index is 5.40. The van der Waals surface area contributed by atoms with Gasteiger partial charge in [0.25, 0.3) is 0 Å². The van der Waals surface area contributed by atoms with Crippen molar-refractivity contribution in [2.45, 2.75) is 19.3 Å². The predicted octanol–water partition coefficient (Wildman–Crippen LogP) is 14.6. The molecule has 0 spiro atoms. The zero-order chi connectivity index (χ0) is 38.1. The van der Waals surface area contributed by atoms with E-state index >= 15 is 0 Å². The molecule has 0 radical (unpaired) electrons. The molecule has 0 N–H and O–H groups in total. The molecule has 2 heteroatoms. The second-order valence-electron chi connectivity index (χ2n) is 15.7. The SMILES string of the molecule is CC1(C)c2ccccc2-c2cccc(-c3cc(-c4ccc(-c5ccccc5)cc4)nc(-c4ccc(-c5c6ccccc6cc6c5ccc5ccccc56)cc4)n3)c21. The summed E-state index contributed by atoms with van der Waals surface area (Å²) in [5.74, 6) is 0.709. The minimum atomic E-state index is -0.181. The van der Waals surface area contributed by atoms with Gasteiger partial charge >= 0.3 is 0 Å². The summed E-state index contributed by atoms with van der Waals surface area (Å²) in [4.78, 5) is 10.7. The molecule has 2 nitrogen and oxygen atoms in total. The minimum Gasteiger partial charge on any atom is -0.228 e. The van der Waals surface area contributed by atoms with Crippen molar-refractivity contribution < 1.29 is 0 Å². The fourth-order valence-corrected chi connectivity index (χ4v) is 9.30. The van der Waals surface area contributed by atoms with Crippen LogP contribution < -0.4 is 0 Å². The first kappa shape index (κ1) is 33.2. The van der Waals surface area contributed by atoms with E-state index in [4.69, 9.17) is 9.97 Å². The summed E-state index contributed by atoms with van der Waals surface area (Å²) >= 11 is 0. The summed E-state index contributed by atoms with van der Waals surface area (Å²) in [7, 11) is 0. The molecule has 0 unspecified atom stereocenters. The van der Waals surface area contributed by atoms with Crippen molar-refractivity contribution in [3.8, 4) is 67.3 Å². The lowest BCUT2D eigenvalue weighted by atomic mass is 9.79. The van der Waals surface area contributed by atoms with Crippen LogP contribution in [0.5, 0.6) is 0 Å². The van der Waals surface area contributed by atoms with Gasteiger partial charge < -0.3 is 0 Å². The van der Waals surface area contributed by atoms with E-state index in [-0.39, 0.29) is 5.41 Å². The van der Waals surface area contributed by atoms with Gasteiger partial charge in [-0.25, -0.2) is 9.97 Å². The molecule has 1 aliphatic rings. The molecular formula is C55H38N2. The number of nitrogens with zero attached hydrogens (tertiary/aromatic N) is 2. The maximum Gasteiger partial charge on any atom is 0.160 e. The van der Waals surface area contributed by atoms with Crippen LogP contribution in [0.25, 0.3) is 99.6 Å². The van der Waals surface area contributed by atoms with E-state index < -0.39 is 0 Å². The second kappa shape index (κ2) is 13.0. The van der Waals surface area contributed by atoms with Crippen LogP contribution in [0.15, 0.2) is 194 Å². The molecule has 0 saturated heterocycles. The average molecular weight is 727 g/mol. The van der Waals surface area contributed by atoms with Gasteiger partial charge in [0.1, 0.15) is 0 Å². The highest BCUT2D eigenvalue weighted by molar-refractivity contribution is 6.20. The molecule has 1 heterocycles. The molecule has 0 atom stereocenters. The highest BCUT2D eigenvalue weighted by Gasteiger charge is 2.37. The summed E-state index contributed by atoms with van der Waals surface area (Å²) in [6, 6.07) is 70.1. The van der Waals surface area contributed by atoms with Gasteiger partial charge in [-0.1, -0.05) is 196 Å². The molecule has 0 aliphatic heterocycles. The Morgan fingerprint density at radius 1 is 0.351 bits per heavy atom. The lowest BCUT2D eigenvalue weighted by Gasteiger charge is -2.24. The van der Waals surface area contributed by atoms with Gasteiger partial charge in [-0.05, 0) is 89.0 Å². The third-order valence-corrected chi connectivity index (χ3v) is 12.1. The Balaban J connectivity index is 1.08. The van der Waals surface area contributed by atoms with Crippen LogP contribution in [0.2, 0.25) is 0 Å². The zero-order valence-corrected chi connectivity index (χ0v) is 31.9. The first-order valence-electron chi connectivity index (χ1n) is 19.7. The molecule has 268 valence electrons. The Kier molecular flexibility index (Phi) is 7.55. The quantitative estimate of drug-likeness (QED) is 0.130. The van der Waals surface area contributed by atoms with Crippen LogP contribution in [0.4, 0.5) is 0 Å². The number of fused-ring (bicyclic) bond motifs is 7. The number of aromatic nitrogens is 2. The van der Waals surface area contributed by atoms with Gasteiger partial charge in [0, 0.05) is 22.1 Å². The Hall–Kier alpha value is -7.16. The Morgan fingerprint density at radius 3 is 1.77 bits per heavy atom. The number of hydrogen-bond acceptors (Lipinski definition) is 2. The molecule has 10 aromatic rings. The van der Waals surface area contributed by atoms with Gasteiger partial charge in [0.05, 0.1) is 11.4 Å². The van der Waals surface area contributed by atoms with Crippen molar-refractivity contribution in [2.75, 3.05) is 0 Å². The molecule has 1 aromatic heterocycles. The number of benzene rings is 9. The summed E-state index contributed by atoms with van der Waals surface area (Å²) < 4.78 is 0. The van der Waals surface area contributed by atoms with Crippen LogP contribution in [-0.2, 0) is 5.41 Å². The second-order valence-corrected chi connectivity index (χ2v) is 15.7. The lowest BCUT2D eigenvalue weighted by Crippen LogP contribution is -2.16. The highest BCUT2D eigenvalue weighted by atomic mass is 14.9. The molecule has 0 saturated carbocycles. The molecular weight excluding hydrogens is 689 g/mol. The van der Waals surface area contributed by atoms with Gasteiger partial charge in [0.15, 0.2) is 5.82 Å². The van der Waals surface area contributed by atoms with E-state index in [9.17, 15) is 0 Å². The molecule has 11 rings (SSSR count).